The van der Waals surface area contributed by atoms with Gasteiger partial charge in [-0.05, 0) is 79.3 Å². The monoisotopic (exact) mass is 508 g/mol. The van der Waals surface area contributed by atoms with Crippen molar-refractivity contribution in [3.63, 3.8) is 0 Å². The van der Waals surface area contributed by atoms with Crippen LogP contribution >= 0.6 is 0 Å². The van der Waals surface area contributed by atoms with E-state index in [4.69, 9.17) is 0 Å². The summed E-state index contributed by atoms with van der Waals surface area (Å²) in [7, 11) is 0. The molecule has 10 atom stereocenters. The van der Waals surface area contributed by atoms with Crippen molar-refractivity contribution < 1.29 is 29.4 Å². The van der Waals surface area contributed by atoms with Gasteiger partial charge in [-0.2, -0.15) is 0 Å². The van der Waals surface area contributed by atoms with Crippen LogP contribution in [0.25, 0.3) is 0 Å². The Hall–Kier alpha value is -3.00. The zero-order valence-corrected chi connectivity index (χ0v) is 21.1. The van der Waals surface area contributed by atoms with E-state index < -0.39 is 29.6 Å². The Kier molecular flexibility index (Phi) is 6.96. The van der Waals surface area contributed by atoms with Gasteiger partial charge in [0.2, 0.25) is 5.91 Å². The predicted octanol–water partition coefficient (Wildman–Crippen LogP) is 2.16. The lowest BCUT2D eigenvalue weighted by Crippen LogP contribution is -2.42. The maximum absolute atomic E-state index is 13.5. The van der Waals surface area contributed by atoms with E-state index in [1.807, 2.05) is 12.2 Å². The SMILES string of the molecule is C=CC1CC2CC3C4CC=CC(=O)NCCC(O)C5NC(=O)C(=C(O)C=CC4CC(=O)C3C2C1C)C5=O. The standard InChI is InChI=1S/C29H36N2O6/c1-3-15-11-17-12-19-18-5-4-6-23(35)30-10-9-21(33)27-28(36)26(29(37)31-27)20(32)8-7-16(18)13-22(34)25(19)24(17)14(15)2/h3-4,6-8,14-19,21,24-25,27,32-33H,1,5,9-13H2,2H3,(H,30,35)(H,31,37). The molecule has 1 saturated heterocycles. The summed E-state index contributed by atoms with van der Waals surface area (Å²) in [4.78, 5) is 51.2. The van der Waals surface area contributed by atoms with Gasteiger partial charge in [-0.1, -0.05) is 25.2 Å². The number of aliphatic hydroxyl groups is 2. The van der Waals surface area contributed by atoms with E-state index in [0.29, 0.717) is 36.5 Å². The van der Waals surface area contributed by atoms with Gasteiger partial charge in [0.05, 0.1) is 6.10 Å². The summed E-state index contributed by atoms with van der Waals surface area (Å²) in [6.45, 7) is 6.37. The third kappa shape index (κ3) is 4.49. The molecule has 198 valence electrons. The molecule has 2 aliphatic heterocycles. The van der Waals surface area contributed by atoms with Gasteiger partial charge in [0.15, 0.2) is 5.78 Å². The number of carbonyl (C=O) groups excluding carboxylic acids is 4. The van der Waals surface area contributed by atoms with Gasteiger partial charge in [-0.3, -0.25) is 19.2 Å². The van der Waals surface area contributed by atoms with Crippen LogP contribution in [0.15, 0.2) is 48.3 Å². The van der Waals surface area contributed by atoms with Crippen molar-refractivity contribution in [2.75, 3.05) is 6.54 Å². The molecule has 8 heteroatoms. The smallest absolute Gasteiger partial charge is 0.259 e. The predicted molar refractivity (Wildman–Crippen MR) is 136 cm³/mol. The third-order valence-corrected chi connectivity index (χ3v) is 9.67. The average Bonchev–Trinajstić information content (AvgIpc) is 3.48. The summed E-state index contributed by atoms with van der Waals surface area (Å²) >= 11 is 0. The number of nitrogens with one attached hydrogen (secondary N) is 2. The Labute approximate surface area is 217 Å². The first-order valence-electron chi connectivity index (χ1n) is 13.5. The highest BCUT2D eigenvalue weighted by molar-refractivity contribution is 6.27. The van der Waals surface area contributed by atoms with Crippen LogP contribution in [0.4, 0.5) is 0 Å². The van der Waals surface area contributed by atoms with Crippen LogP contribution in [-0.4, -0.2) is 52.3 Å². The van der Waals surface area contributed by atoms with Crippen LogP contribution in [0.5, 0.6) is 0 Å². The number of hydrogen-bond acceptors (Lipinski definition) is 6. The summed E-state index contributed by atoms with van der Waals surface area (Å²) < 4.78 is 0. The van der Waals surface area contributed by atoms with Crippen LogP contribution in [0.2, 0.25) is 0 Å². The maximum Gasteiger partial charge on any atom is 0.259 e. The second-order valence-corrected chi connectivity index (χ2v) is 11.5. The quantitative estimate of drug-likeness (QED) is 0.317. The molecule has 3 aliphatic carbocycles. The van der Waals surface area contributed by atoms with Crippen molar-refractivity contribution >= 4 is 23.4 Å². The fraction of sp³-hybridized carbons (Fsp3) is 0.586. The summed E-state index contributed by atoms with van der Waals surface area (Å²) in [6.07, 6.45) is 10.3. The molecule has 5 rings (SSSR count). The van der Waals surface area contributed by atoms with Gasteiger partial charge in [0.25, 0.3) is 5.91 Å². The second kappa shape index (κ2) is 10.0. The Balaban J connectivity index is 1.48. The van der Waals surface area contributed by atoms with Gasteiger partial charge in [-0.15, -0.1) is 6.58 Å². The highest BCUT2D eigenvalue weighted by Gasteiger charge is 2.58. The van der Waals surface area contributed by atoms with Crippen LogP contribution in [0, 0.1) is 47.3 Å². The van der Waals surface area contributed by atoms with E-state index in [1.54, 1.807) is 6.08 Å². The highest BCUT2D eigenvalue weighted by Crippen LogP contribution is 2.61. The van der Waals surface area contributed by atoms with Gasteiger partial charge in [-0.25, -0.2) is 0 Å². The molecule has 2 heterocycles. The first-order chi connectivity index (χ1) is 17.7. The minimum Gasteiger partial charge on any atom is -0.507 e. The number of fused-ring (bicyclic) bond motifs is 7. The maximum atomic E-state index is 13.5. The Morgan fingerprint density at radius 3 is 2.65 bits per heavy atom. The molecule has 5 aliphatic rings. The normalized spacial score (nSPS) is 42.2. The molecule has 3 saturated carbocycles. The molecule has 4 fully saturated rings. The van der Waals surface area contributed by atoms with Crippen molar-refractivity contribution in [3.8, 4) is 0 Å². The van der Waals surface area contributed by atoms with Crippen molar-refractivity contribution in [1.29, 1.82) is 0 Å². The number of aliphatic hydroxyl groups excluding tert-OH is 2. The van der Waals surface area contributed by atoms with Gasteiger partial charge < -0.3 is 20.8 Å². The van der Waals surface area contributed by atoms with Crippen LogP contribution in [0.1, 0.15) is 39.0 Å². The number of hydrogen-bond donors (Lipinski definition) is 4. The third-order valence-electron chi connectivity index (χ3n) is 9.67. The molecule has 4 N–H and O–H groups in total. The summed E-state index contributed by atoms with van der Waals surface area (Å²) in [6, 6.07) is -1.18. The molecule has 0 spiro atoms. The molecule has 10 unspecified atom stereocenters. The first-order valence-corrected chi connectivity index (χ1v) is 13.5. The Morgan fingerprint density at radius 1 is 1.11 bits per heavy atom. The van der Waals surface area contributed by atoms with Crippen LogP contribution in [0.3, 0.4) is 0 Å². The first kappa shape index (κ1) is 25.6. The van der Waals surface area contributed by atoms with E-state index in [2.05, 4.69) is 24.1 Å². The second-order valence-electron chi connectivity index (χ2n) is 11.5. The molecule has 0 aromatic heterocycles. The summed E-state index contributed by atoms with van der Waals surface area (Å²) in [5.74, 6) is -0.190. The molecule has 8 nitrogen and oxygen atoms in total. The molecule has 2 bridgehead atoms. The molecule has 0 aromatic rings. The number of Topliss-reactive ketones (excluding diaryl/α,β-unsaturated/α-hetero) is 2. The van der Waals surface area contributed by atoms with E-state index in [-0.39, 0.29) is 53.9 Å². The van der Waals surface area contributed by atoms with Crippen LogP contribution < -0.4 is 10.6 Å². The van der Waals surface area contributed by atoms with Gasteiger partial charge in [0, 0.05) is 18.9 Å². The lowest BCUT2D eigenvalue weighted by Gasteiger charge is -2.40. The zero-order valence-electron chi connectivity index (χ0n) is 21.1. The van der Waals surface area contributed by atoms with Crippen molar-refractivity contribution in [1.82, 2.24) is 10.6 Å². The molecule has 0 aromatic carbocycles. The molecule has 0 radical (unpaired) electrons. The van der Waals surface area contributed by atoms with Gasteiger partial charge >= 0.3 is 0 Å². The van der Waals surface area contributed by atoms with E-state index in [0.717, 1.165) is 12.8 Å². The number of ketones is 2. The molecular weight excluding hydrogens is 472 g/mol. The fourth-order valence-corrected chi connectivity index (χ4v) is 7.95. The van der Waals surface area contributed by atoms with Crippen molar-refractivity contribution in [2.24, 2.45) is 47.3 Å². The molecule has 37 heavy (non-hydrogen) atoms. The minimum absolute atomic E-state index is 0.0104. The Morgan fingerprint density at radius 2 is 1.89 bits per heavy atom. The Bertz CT molecular complexity index is 1110. The van der Waals surface area contributed by atoms with E-state index in [1.165, 1.54) is 12.2 Å². The lowest BCUT2D eigenvalue weighted by molar-refractivity contribution is -0.131. The molecular formula is C29H36N2O6. The van der Waals surface area contributed by atoms with Crippen LogP contribution in [-0.2, 0) is 19.2 Å². The summed E-state index contributed by atoms with van der Waals surface area (Å²) in [5.41, 5.74) is -0.382. The van der Waals surface area contributed by atoms with Crippen molar-refractivity contribution in [2.45, 2.75) is 51.2 Å². The fourth-order valence-electron chi connectivity index (χ4n) is 7.95. The number of amides is 2. The average molecular weight is 509 g/mol. The highest BCUT2D eigenvalue weighted by atomic mass is 16.3. The minimum atomic E-state index is -1.20. The van der Waals surface area contributed by atoms with E-state index >= 15 is 0 Å². The topological polar surface area (TPSA) is 133 Å². The number of rotatable bonds is 1. The van der Waals surface area contributed by atoms with Gasteiger partial charge in [0.1, 0.15) is 23.2 Å². The van der Waals surface area contributed by atoms with E-state index in [9.17, 15) is 29.4 Å². The lowest BCUT2D eigenvalue weighted by atomic mass is 9.63. The summed E-state index contributed by atoms with van der Waals surface area (Å²) in [5, 5.41) is 26.2. The zero-order chi connectivity index (χ0) is 26.4. The number of allylic oxidation sites excluding steroid dienone is 4. The largest absolute Gasteiger partial charge is 0.507 e. The number of carbonyl (C=O) groups is 4. The molecule has 2 amide bonds. The van der Waals surface area contributed by atoms with Crippen molar-refractivity contribution in [3.05, 3.63) is 48.3 Å².